The topological polar surface area (TPSA) is 47.3 Å². The smallest absolute Gasteiger partial charge is 0.125 e. The van der Waals surface area contributed by atoms with Gasteiger partial charge in [-0.25, -0.2) is 0 Å². The zero-order valence-corrected chi connectivity index (χ0v) is 10.8. The van der Waals surface area contributed by atoms with Crippen molar-refractivity contribution in [3.63, 3.8) is 0 Å². The molecule has 1 saturated carbocycles. The first-order valence-corrected chi connectivity index (χ1v) is 6.26. The maximum atomic E-state index is 5.73. The molecule has 0 atom stereocenters. The second kappa shape index (κ2) is 4.96. The molecule has 3 heteroatoms. The molecular weight excluding hydrogens is 212 g/mol. The van der Waals surface area contributed by atoms with Crippen LogP contribution in [0.5, 0.6) is 5.75 Å². The van der Waals surface area contributed by atoms with E-state index in [-0.39, 0.29) is 0 Å². The lowest BCUT2D eigenvalue weighted by Gasteiger charge is -2.38. The number of ether oxygens (including phenoxy) is 1. The Hall–Kier alpha value is -1.22. The Labute approximate surface area is 103 Å². The molecule has 0 aliphatic heterocycles. The maximum absolute atomic E-state index is 5.73. The SMILES string of the molecule is COc1cc(N)ccc1CNCC1(C)CCC1. The van der Waals surface area contributed by atoms with E-state index in [4.69, 9.17) is 10.5 Å². The molecule has 17 heavy (non-hydrogen) atoms. The molecule has 3 N–H and O–H groups in total. The first kappa shape index (κ1) is 12.2. The molecule has 1 aromatic rings. The Morgan fingerprint density at radius 3 is 2.76 bits per heavy atom. The summed E-state index contributed by atoms with van der Waals surface area (Å²) in [5.41, 5.74) is 8.16. The molecule has 1 fully saturated rings. The predicted octanol–water partition coefficient (Wildman–Crippen LogP) is 2.56. The van der Waals surface area contributed by atoms with Gasteiger partial charge in [-0.15, -0.1) is 0 Å². The summed E-state index contributed by atoms with van der Waals surface area (Å²) in [5, 5.41) is 3.52. The summed E-state index contributed by atoms with van der Waals surface area (Å²) in [7, 11) is 1.69. The van der Waals surface area contributed by atoms with Gasteiger partial charge < -0.3 is 15.8 Å². The molecular formula is C14H22N2O. The predicted molar refractivity (Wildman–Crippen MR) is 71.1 cm³/mol. The Kier molecular flexibility index (Phi) is 3.57. The zero-order chi connectivity index (χ0) is 12.3. The fraction of sp³-hybridized carbons (Fsp3) is 0.571. The molecule has 0 radical (unpaired) electrons. The number of hydrogen-bond acceptors (Lipinski definition) is 3. The van der Waals surface area contributed by atoms with Gasteiger partial charge in [0.2, 0.25) is 0 Å². The molecule has 1 aliphatic rings. The first-order valence-electron chi connectivity index (χ1n) is 6.26. The lowest BCUT2D eigenvalue weighted by Crippen LogP contribution is -2.37. The fourth-order valence-corrected chi connectivity index (χ4v) is 2.36. The van der Waals surface area contributed by atoms with E-state index in [1.54, 1.807) is 7.11 Å². The Morgan fingerprint density at radius 1 is 1.41 bits per heavy atom. The van der Waals surface area contributed by atoms with E-state index in [0.717, 1.165) is 24.5 Å². The number of anilines is 1. The lowest BCUT2D eigenvalue weighted by atomic mass is 9.70. The molecule has 0 saturated heterocycles. The highest BCUT2D eigenvalue weighted by Crippen LogP contribution is 2.39. The molecule has 0 spiro atoms. The number of rotatable bonds is 5. The molecule has 0 amide bonds. The van der Waals surface area contributed by atoms with E-state index in [9.17, 15) is 0 Å². The van der Waals surface area contributed by atoms with Crippen LogP contribution in [0, 0.1) is 5.41 Å². The van der Waals surface area contributed by atoms with Crippen molar-refractivity contribution in [2.24, 2.45) is 5.41 Å². The van der Waals surface area contributed by atoms with Crippen molar-refractivity contribution >= 4 is 5.69 Å². The van der Waals surface area contributed by atoms with Crippen LogP contribution in [0.4, 0.5) is 5.69 Å². The molecule has 3 nitrogen and oxygen atoms in total. The highest BCUT2D eigenvalue weighted by atomic mass is 16.5. The van der Waals surface area contributed by atoms with Gasteiger partial charge in [-0.3, -0.25) is 0 Å². The average molecular weight is 234 g/mol. The van der Waals surface area contributed by atoms with Crippen molar-refractivity contribution < 1.29 is 4.74 Å². The van der Waals surface area contributed by atoms with Crippen LogP contribution in [0.1, 0.15) is 31.7 Å². The van der Waals surface area contributed by atoms with Gasteiger partial charge in [0.1, 0.15) is 5.75 Å². The van der Waals surface area contributed by atoms with Crippen LogP contribution in [-0.4, -0.2) is 13.7 Å². The quantitative estimate of drug-likeness (QED) is 0.770. The average Bonchev–Trinajstić information content (AvgIpc) is 2.28. The van der Waals surface area contributed by atoms with E-state index in [0.29, 0.717) is 5.41 Å². The summed E-state index contributed by atoms with van der Waals surface area (Å²) in [5.74, 6) is 0.872. The normalized spacial score (nSPS) is 17.5. The number of hydrogen-bond donors (Lipinski definition) is 2. The van der Waals surface area contributed by atoms with Gasteiger partial charge in [0, 0.05) is 30.4 Å². The largest absolute Gasteiger partial charge is 0.496 e. The van der Waals surface area contributed by atoms with E-state index in [2.05, 4.69) is 12.2 Å². The summed E-state index contributed by atoms with van der Waals surface area (Å²) >= 11 is 0. The van der Waals surface area contributed by atoms with Crippen LogP contribution in [0.25, 0.3) is 0 Å². The summed E-state index contributed by atoms with van der Waals surface area (Å²) < 4.78 is 5.33. The maximum Gasteiger partial charge on any atom is 0.125 e. The van der Waals surface area contributed by atoms with Gasteiger partial charge in [-0.05, 0) is 24.3 Å². The van der Waals surface area contributed by atoms with E-state index >= 15 is 0 Å². The molecule has 2 rings (SSSR count). The zero-order valence-electron chi connectivity index (χ0n) is 10.8. The first-order chi connectivity index (χ1) is 8.13. The number of methoxy groups -OCH3 is 1. The number of nitrogens with one attached hydrogen (secondary N) is 1. The van der Waals surface area contributed by atoms with Crippen molar-refractivity contribution in [2.45, 2.75) is 32.7 Å². The van der Waals surface area contributed by atoms with Crippen molar-refractivity contribution in [2.75, 3.05) is 19.4 Å². The molecule has 0 aromatic heterocycles. The van der Waals surface area contributed by atoms with Crippen LogP contribution in [0.2, 0.25) is 0 Å². The van der Waals surface area contributed by atoms with Crippen LogP contribution in [0.3, 0.4) is 0 Å². The highest BCUT2D eigenvalue weighted by molar-refractivity contribution is 5.48. The van der Waals surface area contributed by atoms with Gasteiger partial charge in [0.15, 0.2) is 0 Å². The van der Waals surface area contributed by atoms with E-state index in [1.165, 1.54) is 24.8 Å². The lowest BCUT2D eigenvalue weighted by molar-refractivity contribution is 0.156. The molecule has 1 aliphatic carbocycles. The minimum Gasteiger partial charge on any atom is -0.496 e. The Bertz CT molecular complexity index is 386. The number of nitrogens with two attached hydrogens (primary N) is 1. The third-order valence-corrected chi connectivity index (χ3v) is 3.74. The van der Waals surface area contributed by atoms with Crippen molar-refractivity contribution in [3.05, 3.63) is 23.8 Å². The van der Waals surface area contributed by atoms with Gasteiger partial charge in [0.25, 0.3) is 0 Å². The third-order valence-electron chi connectivity index (χ3n) is 3.74. The van der Waals surface area contributed by atoms with Crippen molar-refractivity contribution in [1.29, 1.82) is 0 Å². The molecule has 0 bridgehead atoms. The Balaban J connectivity index is 1.89. The summed E-state index contributed by atoms with van der Waals surface area (Å²) in [6, 6.07) is 5.83. The van der Waals surface area contributed by atoms with Gasteiger partial charge >= 0.3 is 0 Å². The van der Waals surface area contributed by atoms with Crippen LogP contribution in [-0.2, 0) is 6.54 Å². The second-order valence-electron chi connectivity index (χ2n) is 5.34. The molecule has 0 unspecified atom stereocenters. The molecule has 1 aromatic carbocycles. The summed E-state index contributed by atoms with van der Waals surface area (Å²) in [6.07, 6.45) is 4.07. The van der Waals surface area contributed by atoms with Crippen molar-refractivity contribution in [3.8, 4) is 5.75 Å². The summed E-state index contributed by atoms with van der Waals surface area (Å²) in [6.45, 7) is 4.28. The van der Waals surface area contributed by atoms with Crippen LogP contribution >= 0.6 is 0 Å². The third kappa shape index (κ3) is 2.91. The standard InChI is InChI=1S/C14H22N2O/c1-14(6-3-7-14)10-16-9-11-4-5-12(15)8-13(11)17-2/h4-5,8,16H,3,6-7,9-10,15H2,1-2H3. The Morgan fingerprint density at radius 2 is 2.18 bits per heavy atom. The number of nitrogen functional groups attached to an aromatic ring is 1. The number of benzene rings is 1. The highest BCUT2D eigenvalue weighted by Gasteiger charge is 2.30. The van der Waals surface area contributed by atoms with Crippen LogP contribution in [0.15, 0.2) is 18.2 Å². The fourth-order valence-electron chi connectivity index (χ4n) is 2.36. The van der Waals surface area contributed by atoms with Gasteiger partial charge in [-0.1, -0.05) is 19.4 Å². The van der Waals surface area contributed by atoms with Crippen LogP contribution < -0.4 is 15.8 Å². The summed E-state index contributed by atoms with van der Waals surface area (Å²) in [4.78, 5) is 0. The molecule has 0 heterocycles. The minimum absolute atomic E-state index is 0.515. The monoisotopic (exact) mass is 234 g/mol. The van der Waals surface area contributed by atoms with E-state index < -0.39 is 0 Å². The molecule has 94 valence electrons. The second-order valence-corrected chi connectivity index (χ2v) is 5.34. The van der Waals surface area contributed by atoms with Gasteiger partial charge in [-0.2, -0.15) is 0 Å². The van der Waals surface area contributed by atoms with Gasteiger partial charge in [0.05, 0.1) is 7.11 Å². The van der Waals surface area contributed by atoms with E-state index in [1.807, 2.05) is 18.2 Å². The minimum atomic E-state index is 0.515. The van der Waals surface area contributed by atoms with Crippen molar-refractivity contribution in [1.82, 2.24) is 5.32 Å².